The summed E-state index contributed by atoms with van der Waals surface area (Å²) in [4.78, 5) is 38.2. The van der Waals surface area contributed by atoms with Gasteiger partial charge in [0.2, 0.25) is 5.91 Å². The summed E-state index contributed by atoms with van der Waals surface area (Å²) in [6, 6.07) is 8.88. The van der Waals surface area contributed by atoms with E-state index in [9.17, 15) is 14.4 Å². The molecule has 0 spiro atoms. The van der Waals surface area contributed by atoms with Gasteiger partial charge in [0.25, 0.3) is 5.56 Å². The molecule has 28 heavy (non-hydrogen) atoms. The van der Waals surface area contributed by atoms with Crippen LogP contribution < -0.4 is 21.3 Å². The number of hydrogen-bond acceptors (Lipinski definition) is 6. The molecule has 9 heteroatoms. The highest BCUT2D eigenvalue weighted by Crippen LogP contribution is 2.19. The summed E-state index contributed by atoms with van der Waals surface area (Å²) < 4.78 is 13.1. The van der Waals surface area contributed by atoms with Crippen LogP contribution in [-0.4, -0.2) is 42.4 Å². The maximum absolute atomic E-state index is 13.1. The molecule has 1 N–H and O–H groups in total. The second-order valence-electron chi connectivity index (χ2n) is 6.05. The van der Waals surface area contributed by atoms with E-state index in [0.717, 1.165) is 4.57 Å². The van der Waals surface area contributed by atoms with Gasteiger partial charge < -0.3 is 14.8 Å². The molecule has 0 atom stereocenters. The standard InChI is InChI=1S/C19H21N3O5S/c1-26-9-8-20-16(23)12-21-14-7-10-28-17(14)18(24)22(19(21)25)11-13-5-3-4-6-15(13)27-2/h3-7,10H,8-9,11-12H2,1-2H3,(H,20,23). The minimum Gasteiger partial charge on any atom is -0.496 e. The van der Waals surface area contributed by atoms with Crippen molar-refractivity contribution in [3.8, 4) is 5.75 Å². The summed E-state index contributed by atoms with van der Waals surface area (Å²) in [6.07, 6.45) is 0. The molecule has 8 nitrogen and oxygen atoms in total. The lowest BCUT2D eigenvalue weighted by molar-refractivity contribution is -0.121. The SMILES string of the molecule is COCCNC(=O)Cn1c(=O)n(Cc2ccccc2OC)c(=O)c2sccc21. The maximum atomic E-state index is 13.1. The first-order chi connectivity index (χ1) is 13.6. The number of rotatable bonds is 8. The molecular formula is C19H21N3O5S. The molecule has 0 unspecified atom stereocenters. The Bertz CT molecular complexity index is 1100. The summed E-state index contributed by atoms with van der Waals surface area (Å²) in [6.45, 7) is 0.600. The lowest BCUT2D eigenvalue weighted by Gasteiger charge is -2.13. The van der Waals surface area contributed by atoms with Crippen LogP contribution in [0.2, 0.25) is 0 Å². The molecule has 2 aromatic heterocycles. The largest absolute Gasteiger partial charge is 0.496 e. The number of nitrogens with zero attached hydrogens (tertiary/aromatic N) is 2. The van der Waals surface area contributed by atoms with Gasteiger partial charge in [-0.1, -0.05) is 18.2 Å². The van der Waals surface area contributed by atoms with Crippen molar-refractivity contribution in [2.75, 3.05) is 27.4 Å². The summed E-state index contributed by atoms with van der Waals surface area (Å²) in [5.74, 6) is 0.262. The molecule has 0 bridgehead atoms. The fourth-order valence-electron chi connectivity index (χ4n) is 2.92. The number of benzene rings is 1. The molecule has 148 valence electrons. The zero-order chi connectivity index (χ0) is 20.1. The molecule has 0 fully saturated rings. The van der Waals surface area contributed by atoms with Crippen LogP contribution in [0.5, 0.6) is 5.75 Å². The van der Waals surface area contributed by atoms with Crippen LogP contribution in [-0.2, 0) is 22.6 Å². The lowest BCUT2D eigenvalue weighted by Crippen LogP contribution is -2.42. The summed E-state index contributed by atoms with van der Waals surface area (Å²) in [7, 11) is 3.08. The Morgan fingerprint density at radius 2 is 1.93 bits per heavy atom. The number of methoxy groups -OCH3 is 2. The molecule has 0 saturated carbocycles. The average Bonchev–Trinajstić information content (AvgIpc) is 3.19. The molecule has 0 radical (unpaired) electrons. The van der Waals surface area contributed by atoms with Gasteiger partial charge in [-0.2, -0.15) is 0 Å². The maximum Gasteiger partial charge on any atom is 0.332 e. The summed E-state index contributed by atoms with van der Waals surface area (Å²) in [5.41, 5.74) is 0.245. The van der Waals surface area contributed by atoms with Crippen molar-refractivity contribution in [2.24, 2.45) is 0 Å². The van der Waals surface area contributed by atoms with Crippen molar-refractivity contribution in [3.05, 3.63) is 62.1 Å². The fourth-order valence-corrected chi connectivity index (χ4v) is 3.76. The third-order valence-electron chi connectivity index (χ3n) is 4.29. The van der Waals surface area contributed by atoms with Gasteiger partial charge in [0.05, 0.1) is 25.8 Å². The number of carbonyl (C=O) groups is 1. The van der Waals surface area contributed by atoms with Crippen molar-refractivity contribution in [1.29, 1.82) is 0 Å². The van der Waals surface area contributed by atoms with Crippen LogP contribution >= 0.6 is 11.3 Å². The predicted molar refractivity (Wildman–Crippen MR) is 107 cm³/mol. The Morgan fingerprint density at radius 3 is 2.68 bits per heavy atom. The van der Waals surface area contributed by atoms with Crippen molar-refractivity contribution in [2.45, 2.75) is 13.1 Å². The number of aromatic nitrogens is 2. The van der Waals surface area contributed by atoms with Gasteiger partial charge in [-0.05, 0) is 17.5 Å². The predicted octanol–water partition coefficient (Wildman–Crippen LogP) is 1.04. The Hall–Kier alpha value is -2.91. The van der Waals surface area contributed by atoms with Crippen LogP contribution in [0.1, 0.15) is 5.56 Å². The smallest absolute Gasteiger partial charge is 0.332 e. The Labute approximate surface area is 164 Å². The molecule has 1 aromatic carbocycles. The highest BCUT2D eigenvalue weighted by atomic mass is 32.1. The molecule has 0 aliphatic rings. The van der Waals surface area contributed by atoms with Crippen LogP contribution in [0.15, 0.2) is 45.3 Å². The first-order valence-corrected chi connectivity index (χ1v) is 9.53. The molecule has 1 amide bonds. The molecule has 0 saturated heterocycles. The first kappa shape index (κ1) is 19.8. The van der Waals surface area contributed by atoms with E-state index in [4.69, 9.17) is 9.47 Å². The topological polar surface area (TPSA) is 91.6 Å². The van der Waals surface area contributed by atoms with Gasteiger partial charge in [-0.15, -0.1) is 11.3 Å². The number of amides is 1. The molecule has 0 aliphatic heterocycles. The number of fused-ring (bicyclic) bond motifs is 1. The zero-order valence-corrected chi connectivity index (χ0v) is 16.5. The van der Waals surface area contributed by atoms with Gasteiger partial charge in [0.15, 0.2) is 0 Å². The van der Waals surface area contributed by atoms with E-state index in [1.54, 1.807) is 30.7 Å². The fraction of sp³-hybridized carbons (Fsp3) is 0.316. The van der Waals surface area contributed by atoms with E-state index in [2.05, 4.69) is 5.32 Å². The highest BCUT2D eigenvalue weighted by Gasteiger charge is 2.17. The van der Waals surface area contributed by atoms with Crippen LogP contribution in [0.3, 0.4) is 0 Å². The van der Waals surface area contributed by atoms with E-state index in [0.29, 0.717) is 34.7 Å². The van der Waals surface area contributed by atoms with Gasteiger partial charge in [-0.25, -0.2) is 4.79 Å². The van der Waals surface area contributed by atoms with E-state index < -0.39 is 5.69 Å². The summed E-state index contributed by atoms with van der Waals surface area (Å²) in [5, 5.41) is 4.42. The minimum atomic E-state index is -0.538. The van der Waals surface area contributed by atoms with Gasteiger partial charge in [-0.3, -0.25) is 18.7 Å². The molecule has 3 rings (SSSR count). The number of thiophene rings is 1. The average molecular weight is 403 g/mol. The van der Waals surface area contributed by atoms with Gasteiger partial charge >= 0.3 is 5.69 Å². The molecule has 0 aliphatic carbocycles. The third kappa shape index (κ3) is 4.00. The van der Waals surface area contributed by atoms with E-state index >= 15 is 0 Å². The number of carbonyl (C=O) groups excluding carboxylic acids is 1. The zero-order valence-electron chi connectivity index (χ0n) is 15.6. The Kier molecular flexibility index (Phi) is 6.27. The number of nitrogens with one attached hydrogen (secondary N) is 1. The van der Waals surface area contributed by atoms with Gasteiger partial charge in [0, 0.05) is 19.2 Å². The first-order valence-electron chi connectivity index (χ1n) is 8.65. The Balaban J connectivity index is 2.03. The highest BCUT2D eigenvalue weighted by molar-refractivity contribution is 7.17. The van der Waals surface area contributed by atoms with E-state index in [1.807, 2.05) is 12.1 Å². The number of hydrogen-bond donors (Lipinski definition) is 1. The van der Waals surface area contributed by atoms with Crippen LogP contribution in [0, 0.1) is 0 Å². The summed E-state index contributed by atoms with van der Waals surface area (Å²) >= 11 is 1.24. The van der Waals surface area contributed by atoms with Crippen molar-refractivity contribution in [3.63, 3.8) is 0 Å². The second-order valence-corrected chi connectivity index (χ2v) is 6.97. The van der Waals surface area contributed by atoms with Crippen LogP contribution in [0.25, 0.3) is 10.2 Å². The molecular weight excluding hydrogens is 382 g/mol. The van der Waals surface area contributed by atoms with E-state index in [1.165, 1.54) is 23.0 Å². The van der Waals surface area contributed by atoms with Crippen molar-refractivity contribution < 1.29 is 14.3 Å². The van der Waals surface area contributed by atoms with Gasteiger partial charge in [0.1, 0.15) is 17.0 Å². The second kappa shape index (κ2) is 8.85. The van der Waals surface area contributed by atoms with Crippen LogP contribution in [0.4, 0.5) is 0 Å². The normalized spacial score (nSPS) is 10.9. The van der Waals surface area contributed by atoms with Crippen molar-refractivity contribution >= 4 is 27.5 Å². The lowest BCUT2D eigenvalue weighted by atomic mass is 10.2. The number of ether oxygens (including phenoxy) is 2. The van der Waals surface area contributed by atoms with Crippen molar-refractivity contribution in [1.82, 2.24) is 14.5 Å². The molecule has 3 aromatic rings. The minimum absolute atomic E-state index is 0.0564. The Morgan fingerprint density at radius 1 is 1.14 bits per heavy atom. The third-order valence-corrected chi connectivity index (χ3v) is 5.18. The quantitative estimate of drug-likeness (QED) is 0.568. The monoisotopic (exact) mass is 403 g/mol. The number of para-hydroxylation sites is 1. The van der Waals surface area contributed by atoms with E-state index in [-0.39, 0.29) is 24.6 Å². The molecule has 2 heterocycles.